The van der Waals surface area contributed by atoms with Crippen LogP contribution in [0.3, 0.4) is 0 Å². The standard InChI is InChI=1S/C8H7F3N2O2/c9-8(10,11)7(12)5-1-3-6(4-2-5)13(14)15/h1-4,7H,12H2/t7-/m1/s1. The first-order valence-electron chi connectivity index (χ1n) is 3.89. The fourth-order valence-corrected chi connectivity index (χ4v) is 0.992. The monoisotopic (exact) mass is 220 g/mol. The van der Waals surface area contributed by atoms with Crippen molar-refractivity contribution in [2.45, 2.75) is 12.2 Å². The van der Waals surface area contributed by atoms with Gasteiger partial charge in [-0.25, -0.2) is 0 Å². The maximum absolute atomic E-state index is 12.1. The molecule has 1 aromatic carbocycles. The Hall–Kier alpha value is -1.63. The van der Waals surface area contributed by atoms with Gasteiger partial charge in [0.05, 0.1) is 4.92 Å². The molecule has 0 aliphatic heterocycles. The molecule has 82 valence electrons. The average molecular weight is 220 g/mol. The Bertz CT molecular complexity index is 361. The minimum absolute atomic E-state index is 0.201. The summed E-state index contributed by atoms with van der Waals surface area (Å²) in [5, 5.41) is 10.2. The maximum atomic E-state index is 12.1. The van der Waals surface area contributed by atoms with Gasteiger partial charge in [-0.1, -0.05) is 12.1 Å². The average Bonchev–Trinajstić information content (AvgIpc) is 2.15. The summed E-state index contributed by atoms with van der Waals surface area (Å²) in [4.78, 5) is 9.54. The molecule has 2 N–H and O–H groups in total. The number of non-ortho nitro benzene ring substituents is 1. The van der Waals surface area contributed by atoms with E-state index in [1.54, 1.807) is 0 Å². The van der Waals surface area contributed by atoms with Crippen molar-refractivity contribution in [3.05, 3.63) is 39.9 Å². The van der Waals surface area contributed by atoms with Gasteiger partial charge in [0, 0.05) is 12.1 Å². The van der Waals surface area contributed by atoms with Crippen LogP contribution in [-0.2, 0) is 0 Å². The number of hydrogen-bond acceptors (Lipinski definition) is 3. The van der Waals surface area contributed by atoms with E-state index >= 15 is 0 Å². The first kappa shape index (κ1) is 11.4. The van der Waals surface area contributed by atoms with Crippen molar-refractivity contribution >= 4 is 5.69 Å². The molecule has 1 atom stereocenters. The van der Waals surface area contributed by atoms with Crippen LogP contribution in [0.15, 0.2) is 24.3 Å². The highest BCUT2D eigenvalue weighted by atomic mass is 19.4. The lowest BCUT2D eigenvalue weighted by molar-refractivity contribution is -0.384. The molecule has 0 aliphatic carbocycles. The molecule has 15 heavy (non-hydrogen) atoms. The van der Waals surface area contributed by atoms with Gasteiger partial charge >= 0.3 is 6.18 Å². The van der Waals surface area contributed by atoms with E-state index in [1.165, 1.54) is 0 Å². The summed E-state index contributed by atoms with van der Waals surface area (Å²) < 4.78 is 36.4. The smallest absolute Gasteiger partial charge is 0.316 e. The van der Waals surface area contributed by atoms with Gasteiger partial charge in [-0.05, 0) is 5.56 Å². The molecular weight excluding hydrogens is 213 g/mol. The minimum Gasteiger partial charge on any atom is -0.316 e. The highest BCUT2D eigenvalue weighted by Crippen LogP contribution is 2.30. The van der Waals surface area contributed by atoms with Crippen LogP contribution in [0.25, 0.3) is 0 Å². The molecule has 0 radical (unpaired) electrons. The molecule has 0 spiro atoms. The lowest BCUT2D eigenvalue weighted by Gasteiger charge is -2.15. The number of alkyl halides is 3. The van der Waals surface area contributed by atoms with E-state index in [0.29, 0.717) is 0 Å². The number of halogens is 3. The molecule has 7 heteroatoms. The Labute approximate surface area is 82.7 Å². The largest absolute Gasteiger partial charge is 0.407 e. The van der Waals surface area contributed by atoms with Gasteiger partial charge in [-0.3, -0.25) is 10.1 Å². The second-order valence-electron chi connectivity index (χ2n) is 2.87. The van der Waals surface area contributed by atoms with E-state index in [9.17, 15) is 23.3 Å². The number of hydrogen-bond donors (Lipinski definition) is 1. The molecule has 0 fully saturated rings. The zero-order valence-electron chi connectivity index (χ0n) is 7.36. The van der Waals surface area contributed by atoms with E-state index in [4.69, 9.17) is 5.73 Å². The van der Waals surface area contributed by atoms with Gasteiger partial charge in [-0.2, -0.15) is 13.2 Å². The van der Waals surface area contributed by atoms with Crippen LogP contribution in [0, 0.1) is 10.1 Å². The number of nitro groups is 1. The summed E-state index contributed by atoms with van der Waals surface area (Å²) in [5.41, 5.74) is 4.43. The second kappa shape index (κ2) is 3.85. The Morgan fingerprint density at radius 1 is 1.27 bits per heavy atom. The number of benzene rings is 1. The summed E-state index contributed by atoms with van der Waals surface area (Å²) in [6.45, 7) is 0. The van der Waals surface area contributed by atoms with Crippen LogP contribution in [0.5, 0.6) is 0 Å². The van der Waals surface area contributed by atoms with Crippen molar-refractivity contribution in [2.75, 3.05) is 0 Å². The fourth-order valence-electron chi connectivity index (χ4n) is 0.992. The van der Waals surface area contributed by atoms with Gasteiger partial charge in [0.25, 0.3) is 5.69 Å². The van der Waals surface area contributed by atoms with E-state index in [-0.39, 0.29) is 11.3 Å². The third-order valence-electron chi connectivity index (χ3n) is 1.82. The van der Waals surface area contributed by atoms with Crippen LogP contribution in [-0.4, -0.2) is 11.1 Å². The highest BCUT2D eigenvalue weighted by molar-refractivity contribution is 5.34. The molecule has 0 amide bonds. The van der Waals surface area contributed by atoms with Crippen molar-refractivity contribution in [3.63, 3.8) is 0 Å². The molecular formula is C8H7F3N2O2. The first-order valence-corrected chi connectivity index (χ1v) is 3.89. The molecule has 4 nitrogen and oxygen atoms in total. The van der Waals surface area contributed by atoms with Crippen molar-refractivity contribution in [1.82, 2.24) is 0 Å². The van der Waals surface area contributed by atoms with Gasteiger partial charge in [-0.15, -0.1) is 0 Å². The Kier molecular flexibility index (Phi) is 2.94. The summed E-state index contributed by atoms with van der Waals surface area (Å²) in [5.74, 6) is 0. The predicted octanol–water partition coefficient (Wildman–Crippen LogP) is 2.16. The Morgan fingerprint density at radius 3 is 2.07 bits per heavy atom. The zero-order valence-corrected chi connectivity index (χ0v) is 7.36. The molecule has 1 aromatic rings. The van der Waals surface area contributed by atoms with E-state index in [0.717, 1.165) is 24.3 Å². The lowest BCUT2D eigenvalue weighted by Crippen LogP contribution is -2.28. The van der Waals surface area contributed by atoms with Gasteiger partial charge in [0.2, 0.25) is 0 Å². The van der Waals surface area contributed by atoms with Crippen LogP contribution in [0.2, 0.25) is 0 Å². The quantitative estimate of drug-likeness (QED) is 0.613. The molecule has 0 bridgehead atoms. The van der Waals surface area contributed by atoms with Crippen LogP contribution in [0.1, 0.15) is 11.6 Å². The van der Waals surface area contributed by atoms with Gasteiger partial charge in [0.1, 0.15) is 6.04 Å². The normalized spacial score (nSPS) is 13.6. The highest BCUT2D eigenvalue weighted by Gasteiger charge is 2.37. The van der Waals surface area contributed by atoms with Crippen molar-refractivity contribution in [1.29, 1.82) is 0 Å². The second-order valence-corrected chi connectivity index (χ2v) is 2.87. The van der Waals surface area contributed by atoms with E-state index < -0.39 is 17.1 Å². The van der Waals surface area contributed by atoms with E-state index in [2.05, 4.69) is 0 Å². The number of nitrogens with zero attached hydrogens (tertiary/aromatic N) is 1. The molecule has 0 aromatic heterocycles. The molecule has 0 saturated carbocycles. The predicted molar refractivity (Wildman–Crippen MR) is 46.1 cm³/mol. The summed E-state index contributed by atoms with van der Waals surface area (Å²) >= 11 is 0. The minimum atomic E-state index is -4.55. The number of nitrogens with two attached hydrogens (primary N) is 1. The zero-order chi connectivity index (χ0) is 11.6. The summed E-state index contributed by atoms with van der Waals surface area (Å²) in [6, 6.07) is 1.85. The first-order chi connectivity index (χ1) is 6.82. The van der Waals surface area contributed by atoms with E-state index in [1.807, 2.05) is 0 Å². The lowest BCUT2D eigenvalue weighted by atomic mass is 10.1. The van der Waals surface area contributed by atoms with Crippen LogP contribution >= 0.6 is 0 Å². The number of rotatable bonds is 2. The topological polar surface area (TPSA) is 69.2 Å². The van der Waals surface area contributed by atoms with Gasteiger partial charge in [0.15, 0.2) is 0 Å². The van der Waals surface area contributed by atoms with Gasteiger partial charge < -0.3 is 5.73 Å². The van der Waals surface area contributed by atoms with Crippen molar-refractivity contribution in [2.24, 2.45) is 5.73 Å². The fraction of sp³-hybridized carbons (Fsp3) is 0.250. The molecule has 0 aliphatic rings. The van der Waals surface area contributed by atoms with Crippen LogP contribution < -0.4 is 5.73 Å². The molecule has 0 saturated heterocycles. The summed E-state index contributed by atoms with van der Waals surface area (Å²) in [7, 11) is 0. The van der Waals surface area contributed by atoms with Crippen molar-refractivity contribution < 1.29 is 18.1 Å². The molecule has 0 heterocycles. The molecule has 1 rings (SSSR count). The SMILES string of the molecule is N[C@H](c1ccc([N+](=O)[O-])cc1)C(F)(F)F. The Balaban J connectivity index is 2.94. The van der Waals surface area contributed by atoms with Crippen molar-refractivity contribution in [3.8, 4) is 0 Å². The third kappa shape index (κ3) is 2.66. The summed E-state index contributed by atoms with van der Waals surface area (Å²) in [6.07, 6.45) is -4.55. The third-order valence-corrected chi connectivity index (χ3v) is 1.82. The molecule has 0 unspecified atom stereocenters. The Morgan fingerprint density at radius 2 is 1.73 bits per heavy atom. The number of nitro benzene ring substituents is 1. The maximum Gasteiger partial charge on any atom is 0.407 e. The van der Waals surface area contributed by atoms with Crippen LogP contribution in [0.4, 0.5) is 18.9 Å².